The molecular formula is C37H68N6O2. The van der Waals surface area contributed by atoms with Crippen molar-refractivity contribution in [3.8, 4) is 5.88 Å². The monoisotopic (exact) mass is 629 g/mol. The average molecular weight is 629 g/mol. The number of hydrogen-bond acceptors (Lipinski definition) is 8. The van der Waals surface area contributed by atoms with E-state index in [0.29, 0.717) is 23.8 Å². The fourth-order valence-corrected chi connectivity index (χ4v) is 6.94. The maximum absolute atomic E-state index is 6.43. The van der Waals surface area contributed by atoms with E-state index in [9.17, 15) is 0 Å². The molecule has 1 aromatic rings. The Morgan fingerprint density at radius 2 is 1.36 bits per heavy atom. The summed E-state index contributed by atoms with van der Waals surface area (Å²) in [6, 6.07) is 0. The lowest BCUT2D eigenvalue weighted by Crippen LogP contribution is -2.58. The first kappa shape index (κ1) is 36.5. The van der Waals surface area contributed by atoms with E-state index in [-0.39, 0.29) is 16.6 Å². The zero-order valence-corrected chi connectivity index (χ0v) is 30.8. The minimum atomic E-state index is -0.104. The Morgan fingerprint density at radius 1 is 0.711 bits per heavy atom. The summed E-state index contributed by atoms with van der Waals surface area (Å²) in [7, 11) is 0. The van der Waals surface area contributed by atoms with Crippen LogP contribution in [0.25, 0.3) is 0 Å². The summed E-state index contributed by atoms with van der Waals surface area (Å²) < 4.78 is 12.3. The van der Waals surface area contributed by atoms with Crippen molar-refractivity contribution in [2.75, 3.05) is 85.2 Å². The number of piperazine rings is 1. The van der Waals surface area contributed by atoms with Crippen LogP contribution in [-0.2, 0) is 10.2 Å². The van der Waals surface area contributed by atoms with Gasteiger partial charge in [-0.1, -0.05) is 41.5 Å². The van der Waals surface area contributed by atoms with E-state index in [1.54, 1.807) is 6.20 Å². The number of likely N-dealkylation sites (tertiary alicyclic amines) is 2. The summed E-state index contributed by atoms with van der Waals surface area (Å²) >= 11 is 0. The molecule has 0 amide bonds. The van der Waals surface area contributed by atoms with Crippen LogP contribution in [-0.4, -0.2) is 126 Å². The highest BCUT2D eigenvalue weighted by atomic mass is 16.5. The maximum atomic E-state index is 6.43. The smallest absolute Gasteiger partial charge is 0.232 e. The first-order chi connectivity index (χ1) is 21.0. The Balaban J connectivity index is 1.03. The molecule has 0 bridgehead atoms. The van der Waals surface area contributed by atoms with E-state index >= 15 is 0 Å². The normalized spacial score (nSPS) is 20.8. The summed E-state index contributed by atoms with van der Waals surface area (Å²) in [4.78, 5) is 19.5. The molecule has 258 valence electrons. The quantitative estimate of drug-likeness (QED) is 0.227. The van der Waals surface area contributed by atoms with E-state index in [1.165, 1.54) is 65.2 Å². The van der Waals surface area contributed by atoms with Gasteiger partial charge in [-0.3, -0.25) is 9.88 Å². The lowest BCUT2D eigenvalue weighted by molar-refractivity contribution is -0.0564. The average Bonchev–Trinajstić information content (AvgIpc) is 2.91. The highest BCUT2D eigenvalue weighted by molar-refractivity contribution is 5.13. The molecule has 0 N–H and O–H groups in total. The largest absolute Gasteiger partial charge is 0.476 e. The molecule has 45 heavy (non-hydrogen) atoms. The van der Waals surface area contributed by atoms with Crippen LogP contribution in [0.15, 0.2) is 12.4 Å². The van der Waals surface area contributed by atoms with E-state index in [4.69, 9.17) is 9.47 Å². The standard InChI is InChI=1S/C37H68N6O2/c1-34(2,3)12-11-15-41-25-30(26-41)24-40-16-18-43(19-17-40)36(7,8)13-14-37(9,10)45-21-20-42-27-31(28-42)29-44-33-23-38-32(22-39-33)35(4,5)6/h22-23,30-31H,11-21,24-29H2,1-10H3. The molecule has 0 aliphatic carbocycles. The minimum absolute atomic E-state index is 0.00664. The van der Waals surface area contributed by atoms with E-state index in [1.807, 2.05) is 6.20 Å². The highest BCUT2D eigenvalue weighted by Crippen LogP contribution is 2.29. The summed E-state index contributed by atoms with van der Waals surface area (Å²) in [5.41, 5.74) is 1.56. The maximum Gasteiger partial charge on any atom is 0.232 e. The topological polar surface area (TPSA) is 57.2 Å². The third-order valence-corrected chi connectivity index (χ3v) is 10.3. The molecule has 3 aliphatic rings. The molecule has 0 radical (unpaired) electrons. The van der Waals surface area contributed by atoms with Gasteiger partial charge in [-0.15, -0.1) is 0 Å². The van der Waals surface area contributed by atoms with Gasteiger partial charge in [0.1, 0.15) is 0 Å². The molecule has 0 atom stereocenters. The third-order valence-electron chi connectivity index (χ3n) is 10.3. The number of ether oxygens (including phenoxy) is 2. The van der Waals surface area contributed by atoms with Gasteiger partial charge >= 0.3 is 0 Å². The van der Waals surface area contributed by atoms with Crippen molar-refractivity contribution in [2.45, 2.75) is 111 Å². The Kier molecular flexibility index (Phi) is 12.4. The van der Waals surface area contributed by atoms with Crippen LogP contribution in [0.2, 0.25) is 0 Å². The van der Waals surface area contributed by atoms with Gasteiger partial charge in [0.15, 0.2) is 0 Å². The van der Waals surface area contributed by atoms with Gasteiger partial charge in [-0.2, -0.15) is 0 Å². The van der Waals surface area contributed by atoms with Crippen molar-refractivity contribution in [1.82, 2.24) is 29.6 Å². The van der Waals surface area contributed by atoms with Crippen molar-refractivity contribution < 1.29 is 9.47 Å². The van der Waals surface area contributed by atoms with Crippen molar-refractivity contribution in [1.29, 1.82) is 0 Å². The zero-order chi connectivity index (χ0) is 32.9. The lowest BCUT2D eigenvalue weighted by Gasteiger charge is -2.47. The van der Waals surface area contributed by atoms with Gasteiger partial charge in [0.05, 0.1) is 36.9 Å². The first-order valence-electron chi connectivity index (χ1n) is 18.0. The third kappa shape index (κ3) is 12.0. The Labute approximate surface area is 276 Å². The first-order valence-corrected chi connectivity index (χ1v) is 18.0. The van der Waals surface area contributed by atoms with Crippen LogP contribution < -0.4 is 4.74 Å². The molecule has 3 fully saturated rings. The molecule has 4 heterocycles. The molecular weight excluding hydrogens is 560 g/mol. The molecule has 0 spiro atoms. The summed E-state index contributed by atoms with van der Waals surface area (Å²) in [6.45, 7) is 37.5. The highest BCUT2D eigenvalue weighted by Gasteiger charge is 2.35. The molecule has 0 unspecified atom stereocenters. The minimum Gasteiger partial charge on any atom is -0.476 e. The molecule has 3 saturated heterocycles. The van der Waals surface area contributed by atoms with Gasteiger partial charge in [-0.25, -0.2) is 4.98 Å². The number of hydrogen-bond donors (Lipinski definition) is 0. The second-order valence-electron chi connectivity index (χ2n) is 17.9. The van der Waals surface area contributed by atoms with Crippen LogP contribution in [0, 0.1) is 17.3 Å². The van der Waals surface area contributed by atoms with Crippen molar-refractivity contribution >= 4 is 0 Å². The number of nitrogens with zero attached hydrogens (tertiary/aromatic N) is 6. The zero-order valence-electron chi connectivity index (χ0n) is 30.8. The van der Waals surface area contributed by atoms with Crippen LogP contribution in [0.1, 0.15) is 101 Å². The van der Waals surface area contributed by atoms with Gasteiger partial charge in [0.2, 0.25) is 5.88 Å². The fraction of sp³-hybridized carbons (Fsp3) is 0.892. The second kappa shape index (κ2) is 15.3. The number of rotatable bonds is 16. The van der Waals surface area contributed by atoms with Crippen LogP contribution in [0.3, 0.4) is 0 Å². The van der Waals surface area contributed by atoms with Crippen LogP contribution in [0.5, 0.6) is 5.88 Å². The van der Waals surface area contributed by atoms with Crippen molar-refractivity contribution in [2.24, 2.45) is 17.3 Å². The van der Waals surface area contributed by atoms with E-state index in [0.717, 1.165) is 50.7 Å². The Hall–Kier alpha value is -1.32. The van der Waals surface area contributed by atoms with E-state index in [2.05, 4.69) is 98.8 Å². The lowest BCUT2D eigenvalue weighted by atomic mass is 9.89. The predicted octanol–water partition coefficient (Wildman–Crippen LogP) is 5.81. The van der Waals surface area contributed by atoms with Crippen LogP contribution in [0.4, 0.5) is 0 Å². The molecule has 4 rings (SSSR count). The Morgan fingerprint density at radius 3 is 1.96 bits per heavy atom. The summed E-state index contributed by atoms with van der Waals surface area (Å²) in [6.07, 6.45) is 8.50. The van der Waals surface area contributed by atoms with Crippen molar-refractivity contribution in [3.05, 3.63) is 18.1 Å². The molecule has 3 aliphatic heterocycles. The summed E-state index contributed by atoms with van der Waals surface area (Å²) in [5, 5.41) is 0. The van der Waals surface area contributed by atoms with Gasteiger partial charge < -0.3 is 24.2 Å². The second-order valence-corrected chi connectivity index (χ2v) is 17.9. The Bertz CT molecular complexity index is 1010. The SMILES string of the molecule is CC(C)(C)CCCN1CC(CN2CCN(C(C)(C)CCC(C)(C)OCCN3CC(COc4cnc(C(C)(C)C)cn4)C3)CC2)C1. The van der Waals surface area contributed by atoms with Gasteiger partial charge in [0, 0.05) is 82.3 Å². The molecule has 0 aromatic carbocycles. The predicted molar refractivity (Wildman–Crippen MR) is 186 cm³/mol. The fourth-order valence-electron chi connectivity index (χ4n) is 6.94. The van der Waals surface area contributed by atoms with Gasteiger partial charge in [-0.05, 0) is 71.3 Å². The molecule has 8 heteroatoms. The summed E-state index contributed by atoms with van der Waals surface area (Å²) in [5.74, 6) is 2.05. The van der Waals surface area contributed by atoms with Crippen molar-refractivity contribution in [3.63, 3.8) is 0 Å². The van der Waals surface area contributed by atoms with Gasteiger partial charge in [0.25, 0.3) is 0 Å². The molecule has 0 saturated carbocycles. The van der Waals surface area contributed by atoms with Crippen LogP contribution >= 0.6 is 0 Å². The number of aromatic nitrogens is 2. The molecule has 8 nitrogen and oxygen atoms in total. The molecule has 1 aromatic heterocycles. The van der Waals surface area contributed by atoms with E-state index < -0.39 is 0 Å².